The number of hydrogen-bond donors (Lipinski definition) is 6. The van der Waals surface area contributed by atoms with Crippen molar-refractivity contribution >= 4 is 104 Å². The Morgan fingerprint density at radius 3 is 0.721 bits per heavy atom. The van der Waals surface area contributed by atoms with Gasteiger partial charge in [0.25, 0.3) is 0 Å². The lowest BCUT2D eigenvalue weighted by Crippen LogP contribution is -2.19. The molecule has 10 aromatic carbocycles. The van der Waals surface area contributed by atoms with Crippen LogP contribution >= 0.6 is 48.0 Å². The van der Waals surface area contributed by atoms with E-state index in [0.29, 0.717) is 59.2 Å². The van der Waals surface area contributed by atoms with Gasteiger partial charge < -0.3 is 54.9 Å². The molecular formula is C114H118Cl4N10O8. The topological polar surface area (TPSA) is 238 Å². The molecule has 5 aromatic heterocycles. The summed E-state index contributed by atoms with van der Waals surface area (Å²) in [6.07, 6.45) is 16.6. The van der Waals surface area contributed by atoms with Crippen LogP contribution in [0.4, 0.5) is 0 Å². The number of pyridine rings is 3. The Labute approximate surface area is 822 Å². The molecule has 6 N–H and O–H groups in total. The maximum atomic E-state index is 9.71. The van der Waals surface area contributed by atoms with Crippen molar-refractivity contribution in [3.8, 4) is 46.1 Å². The van der Waals surface area contributed by atoms with E-state index in [9.17, 15) is 25.5 Å². The number of phenolic OH excluding ortho intramolecular Hbond substituents is 5. The maximum absolute atomic E-state index is 9.71. The molecular weight excluding hydrogens is 1780 g/mol. The maximum Gasteiger partial charge on any atom is 0.213 e. The number of ether oxygens (including phenoxy) is 3. The zero-order chi connectivity index (χ0) is 94.9. The summed E-state index contributed by atoms with van der Waals surface area (Å²) in [7, 11) is 9.92. The van der Waals surface area contributed by atoms with Crippen LogP contribution in [-0.2, 0) is 0 Å². The molecule has 15 aromatic rings. The Kier molecular flexibility index (Phi) is 43.2. The predicted molar refractivity (Wildman–Crippen MR) is 563 cm³/mol. The first-order valence-corrected chi connectivity index (χ1v) is 45.6. The molecule has 0 aliphatic rings. The highest BCUT2D eigenvalue weighted by Gasteiger charge is 2.22. The Bertz CT molecular complexity index is 5850. The van der Waals surface area contributed by atoms with E-state index in [1.165, 1.54) is 33.4 Å². The zero-order valence-electron chi connectivity index (χ0n) is 78.3. The number of halogens is 4. The van der Waals surface area contributed by atoms with Gasteiger partial charge in [-0.15, -0.1) is 24.8 Å². The van der Waals surface area contributed by atoms with Crippen molar-refractivity contribution in [2.45, 2.75) is 66.7 Å². The number of nitrogens with zero attached hydrogens (tertiary/aromatic N) is 9. The van der Waals surface area contributed by atoms with Gasteiger partial charge in [0.2, 0.25) is 5.88 Å². The van der Waals surface area contributed by atoms with Gasteiger partial charge in [0.05, 0.1) is 24.8 Å². The molecule has 0 unspecified atom stereocenters. The Morgan fingerprint density at radius 2 is 0.500 bits per heavy atom. The van der Waals surface area contributed by atoms with Gasteiger partial charge in [-0.3, -0.25) is 0 Å². The lowest BCUT2D eigenvalue weighted by Gasteiger charge is -2.16. The van der Waals surface area contributed by atoms with E-state index in [4.69, 9.17) is 37.4 Å². The Morgan fingerprint density at radius 1 is 0.265 bits per heavy atom. The molecule has 700 valence electrons. The lowest BCUT2D eigenvalue weighted by atomic mass is 9.89. The summed E-state index contributed by atoms with van der Waals surface area (Å²) >= 11 is 11.9. The predicted octanol–water partition coefficient (Wildman–Crippen LogP) is 26.2. The number of likely N-dealkylation sites (N-methyl/N-ethyl adjacent to an activating group) is 3. The minimum Gasteiger partial charge on any atom is -0.508 e. The molecule has 0 spiro atoms. The molecule has 0 fully saturated rings. The van der Waals surface area contributed by atoms with E-state index >= 15 is 0 Å². The van der Waals surface area contributed by atoms with Crippen molar-refractivity contribution in [1.29, 1.82) is 0 Å². The summed E-state index contributed by atoms with van der Waals surface area (Å²) in [5, 5.41) is 52.4. The van der Waals surface area contributed by atoms with Crippen molar-refractivity contribution in [3.05, 3.63) is 447 Å². The Hall–Kier alpha value is -14.1. The molecule has 0 amide bonds. The van der Waals surface area contributed by atoms with Crippen LogP contribution in [0, 0.1) is 0 Å². The van der Waals surface area contributed by atoms with Gasteiger partial charge in [-0.05, 0) is 259 Å². The molecule has 0 atom stereocenters. The van der Waals surface area contributed by atoms with Crippen LogP contribution in [0.3, 0.4) is 0 Å². The molecule has 0 saturated carbocycles. The second-order valence-corrected chi connectivity index (χ2v) is 32.2. The number of phenols is 5. The quantitative estimate of drug-likeness (QED) is 0.0131. The molecule has 5 heterocycles. The molecule has 0 aliphatic carbocycles. The smallest absolute Gasteiger partial charge is 0.213 e. The highest BCUT2D eigenvalue weighted by molar-refractivity contribution is 6.29. The minimum absolute atomic E-state index is 0. The van der Waals surface area contributed by atoms with E-state index < -0.39 is 0 Å². The lowest BCUT2D eigenvalue weighted by molar-refractivity contribution is 0.259. The van der Waals surface area contributed by atoms with Crippen LogP contribution < -0.4 is 19.5 Å². The summed E-state index contributed by atoms with van der Waals surface area (Å²) in [6, 6.07) is 99.3. The standard InChI is InChI=1S/2C24H27N3O2.C24H26N2O2.2C21H18ClNO.2ClH/c2*1-4-22(18-8-6-5-7-9-18)23(19-10-12-20(28)13-11-19)24-25-16-21(17-26-24)29-15-14-27(2)3;1-3-22(18-7-5-4-6-8-18)24(19-9-12-21(27)13-10-19)20-11-14-23(26-17-20)28-16-15-25-2;2*1-2-19(15-6-4-3-5-7-15)21(16-8-11-18(24)12-9-16)17-10-13-20(22)23-14-17;;/h2*5-13,16-17,28H,4,14-15H2,1-3H3;4-14,17,25,27H,3,15-16H2,1-2H3;2*3-14,24H,2H2,1H3;2*1H/b23-22+;23-22-;24-22-;21-19+;21-19-;;. The van der Waals surface area contributed by atoms with E-state index in [1.54, 1.807) is 110 Å². The normalized spacial score (nSPS) is 11.8. The summed E-state index contributed by atoms with van der Waals surface area (Å²) in [6.45, 7) is 14.9. The van der Waals surface area contributed by atoms with Crippen LogP contribution in [-0.4, -0.2) is 145 Å². The van der Waals surface area contributed by atoms with Crippen LogP contribution in [0.5, 0.6) is 46.1 Å². The fourth-order valence-corrected chi connectivity index (χ4v) is 15.3. The van der Waals surface area contributed by atoms with Crippen molar-refractivity contribution in [3.63, 3.8) is 0 Å². The van der Waals surface area contributed by atoms with Gasteiger partial charge in [-0.1, -0.05) is 270 Å². The minimum atomic E-state index is 0. The second kappa shape index (κ2) is 55.6. The van der Waals surface area contributed by atoms with Crippen molar-refractivity contribution in [1.82, 2.24) is 50.0 Å². The number of rotatable bonds is 32. The van der Waals surface area contributed by atoms with Crippen LogP contribution in [0.2, 0.25) is 10.3 Å². The highest BCUT2D eigenvalue weighted by Crippen LogP contribution is 2.41. The van der Waals surface area contributed by atoms with Crippen LogP contribution in [0.15, 0.2) is 353 Å². The number of hydrogen-bond acceptors (Lipinski definition) is 18. The van der Waals surface area contributed by atoms with Crippen LogP contribution in [0.1, 0.15) is 151 Å². The molecule has 15 rings (SSSR count). The van der Waals surface area contributed by atoms with Gasteiger partial charge in [0.15, 0.2) is 23.1 Å². The number of allylic oxidation sites excluding steroid dienone is 5. The summed E-state index contributed by atoms with van der Waals surface area (Å²) in [5.74, 6) is 4.42. The molecule has 22 heteroatoms. The summed E-state index contributed by atoms with van der Waals surface area (Å²) < 4.78 is 17.1. The SMILES string of the molecule is CC/C(=C(/c1ccc(O)cc1)c1ccc(Cl)nc1)c1ccccc1.CC/C(=C(/c1ccc(O)cc1)c1ncc(OCCN(C)C)cn1)c1ccccc1.CC/C(=C(\c1ccc(O)cc1)c1ccc(Cl)nc1)c1ccccc1.CC/C(=C(\c1ccc(O)cc1)c1ccc(OCCNC)nc1)c1ccccc1.CC/C(=C(\c1ccc(O)cc1)c1ncc(OCCN(C)C)cn1)c1ccccc1.Cl.Cl. The average molecular weight is 1900 g/mol. The molecule has 136 heavy (non-hydrogen) atoms. The molecule has 0 saturated heterocycles. The number of benzene rings is 10. The van der Waals surface area contributed by atoms with Crippen LogP contribution in [0.25, 0.3) is 55.7 Å². The fourth-order valence-electron chi connectivity index (χ4n) is 15.0. The van der Waals surface area contributed by atoms with E-state index in [0.717, 1.165) is 146 Å². The largest absolute Gasteiger partial charge is 0.508 e. The molecule has 0 bridgehead atoms. The first kappa shape index (κ1) is 106. The zero-order valence-corrected chi connectivity index (χ0v) is 81.5. The third-order valence-corrected chi connectivity index (χ3v) is 22.1. The van der Waals surface area contributed by atoms with Gasteiger partial charge in [0, 0.05) is 72.1 Å². The van der Waals surface area contributed by atoms with Gasteiger partial charge >= 0.3 is 0 Å². The first-order chi connectivity index (χ1) is 65.3. The summed E-state index contributed by atoms with van der Waals surface area (Å²) in [4.78, 5) is 35.5. The van der Waals surface area contributed by atoms with Gasteiger partial charge in [0.1, 0.15) is 58.9 Å². The fraction of sp³-hybridized carbons (Fsp3) is 0.184. The number of aromatic hydroxyl groups is 5. The van der Waals surface area contributed by atoms with Crippen molar-refractivity contribution in [2.24, 2.45) is 0 Å². The Balaban J connectivity index is 0.000000190. The monoisotopic (exact) mass is 1890 g/mol. The van der Waals surface area contributed by atoms with Crippen molar-refractivity contribution in [2.75, 3.05) is 74.7 Å². The average Bonchev–Trinajstić information content (AvgIpc) is 0.803. The number of nitrogens with one attached hydrogen (secondary N) is 1. The van der Waals surface area contributed by atoms with Crippen molar-refractivity contribution < 1.29 is 39.7 Å². The third-order valence-electron chi connectivity index (χ3n) is 21.6. The second-order valence-electron chi connectivity index (χ2n) is 31.5. The van der Waals surface area contributed by atoms with Gasteiger partial charge in [-0.2, -0.15) is 0 Å². The molecule has 0 aliphatic heterocycles. The van der Waals surface area contributed by atoms with E-state index in [-0.39, 0.29) is 53.6 Å². The van der Waals surface area contributed by atoms with Gasteiger partial charge in [-0.25, -0.2) is 34.9 Å². The highest BCUT2D eigenvalue weighted by atomic mass is 35.5. The van der Waals surface area contributed by atoms with E-state index in [1.807, 2.05) is 205 Å². The molecule has 18 nitrogen and oxygen atoms in total. The summed E-state index contributed by atoms with van der Waals surface area (Å²) in [5.41, 5.74) is 25.1. The molecule has 0 radical (unpaired) electrons. The van der Waals surface area contributed by atoms with E-state index in [2.05, 4.69) is 157 Å². The third kappa shape index (κ3) is 31.3. The first-order valence-electron chi connectivity index (χ1n) is 44.8. The number of aromatic nitrogens is 7.